The number of ether oxygens (including phenoxy) is 1. The van der Waals surface area contributed by atoms with Crippen molar-refractivity contribution in [1.82, 2.24) is 15.1 Å². The molecule has 1 N–H and O–H groups in total. The summed E-state index contributed by atoms with van der Waals surface area (Å²) in [6, 6.07) is 0.357. The molecule has 1 heterocycles. The molecule has 0 aromatic carbocycles. The molecule has 2 rings (SSSR count). The van der Waals surface area contributed by atoms with Crippen molar-refractivity contribution in [3.8, 4) is 5.75 Å². The lowest BCUT2D eigenvalue weighted by Gasteiger charge is -2.24. The van der Waals surface area contributed by atoms with Crippen molar-refractivity contribution < 1.29 is 4.74 Å². The quantitative estimate of drug-likeness (QED) is 0.777. The normalized spacial score (nSPS) is 18.4. The van der Waals surface area contributed by atoms with Crippen LogP contribution in [0.15, 0.2) is 6.20 Å². The van der Waals surface area contributed by atoms with Gasteiger partial charge in [0.25, 0.3) is 0 Å². The SMILES string of the molecule is CCCNC(CC1CCCCCC1)c1c(OC)cnn1C. The zero-order chi connectivity index (χ0) is 15.1. The summed E-state index contributed by atoms with van der Waals surface area (Å²) < 4.78 is 7.49. The van der Waals surface area contributed by atoms with Crippen LogP contribution >= 0.6 is 0 Å². The van der Waals surface area contributed by atoms with Crippen LogP contribution in [0.3, 0.4) is 0 Å². The third-order valence-corrected chi connectivity index (χ3v) is 4.68. The van der Waals surface area contributed by atoms with Crippen molar-refractivity contribution in [3.63, 3.8) is 0 Å². The summed E-state index contributed by atoms with van der Waals surface area (Å²) in [5.74, 6) is 1.75. The summed E-state index contributed by atoms with van der Waals surface area (Å²) in [6.07, 6.45) is 12.6. The monoisotopic (exact) mass is 293 g/mol. The lowest BCUT2D eigenvalue weighted by atomic mass is 9.91. The van der Waals surface area contributed by atoms with Crippen LogP contribution in [0.5, 0.6) is 5.75 Å². The van der Waals surface area contributed by atoms with Crippen molar-refractivity contribution >= 4 is 0 Å². The molecule has 0 amide bonds. The number of aromatic nitrogens is 2. The van der Waals surface area contributed by atoms with Gasteiger partial charge in [0, 0.05) is 7.05 Å². The maximum absolute atomic E-state index is 5.52. The third kappa shape index (κ3) is 4.47. The average Bonchev–Trinajstić information content (AvgIpc) is 2.70. The molecule has 1 aromatic heterocycles. The first-order valence-electron chi connectivity index (χ1n) is 8.55. The Bertz CT molecular complexity index is 408. The fraction of sp³-hybridized carbons (Fsp3) is 0.824. The van der Waals surface area contributed by atoms with Crippen LogP contribution in [0, 0.1) is 5.92 Å². The van der Waals surface area contributed by atoms with Crippen LogP contribution < -0.4 is 10.1 Å². The van der Waals surface area contributed by atoms with Crippen LogP contribution in [-0.2, 0) is 7.05 Å². The second-order valence-electron chi connectivity index (χ2n) is 6.32. The van der Waals surface area contributed by atoms with Gasteiger partial charge in [-0.1, -0.05) is 45.4 Å². The van der Waals surface area contributed by atoms with E-state index in [9.17, 15) is 0 Å². The number of aryl methyl sites for hydroxylation is 1. The van der Waals surface area contributed by atoms with Crippen LogP contribution in [0.4, 0.5) is 0 Å². The second-order valence-corrected chi connectivity index (χ2v) is 6.32. The zero-order valence-electron chi connectivity index (χ0n) is 13.9. The summed E-state index contributed by atoms with van der Waals surface area (Å²) in [4.78, 5) is 0. The van der Waals surface area contributed by atoms with E-state index in [0.29, 0.717) is 6.04 Å². The molecule has 1 saturated carbocycles. The zero-order valence-corrected chi connectivity index (χ0v) is 13.9. The number of hydrogen-bond acceptors (Lipinski definition) is 3. The van der Waals surface area contributed by atoms with Gasteiger partial charge in [0.1, 0.15) is 0 Å². The molecule has 0 radical (unpaired) electrons. The van der Waals surface area contributed by atoms with Gasteiger partial charge in [-0.05, 0) is 25.3 Å². The molecule has 4 nitrogen and oxygen atoms in total. The van der Waals surface area contributed by atoms with Crippen molar-refractivity contribution in [3.05, 3.63) is 11.9 Å². The van der Waals surface area contributed by atoms with E-state index in [1.54, 1.807) is 7.11 Å². The van der Waals surface area contributed by atoms with E-state index in [0.717, 1.165) is 24.6 Å². The van der Waals surface area contributed by atoms with E-state index in [-0.39, 0.29) is 0 Å². The molecule has 0 bridgehead atoms. The van der Waals surface area contributed by atoms with Gasteiger partial charge in [0.15, 0.2) is 5.75 Å². The molecule has 1 atom stereocenters. The Kier molecular flexibility index (Phi) is 6.55. The van der Waals surface area contributed by atoms with Gasteiger partial charge in [0.05, 0.1) is 25.0 Å². The van der Waals surface area contributed by atoms with Gasteiger partial charge in [0.2, 0.25) is 0 Å². The highest BCUT2D eigenvalue weighted by Crippen LogP contribution is 2.34. The van der Waals surface area contributed by atoms with E-state index < -0.39 is 0 Å². The lowest BCUT2D eigenvalue weighted by molar-refractivity contribution is 0.333. The Morgan fingerprint density at radius 1 is 1.33 bits per heavy atom. The Hall–Kier alpha value is -1.03. The van der Waals surface area contributed by atoms with Gasteiger partial charge >= 0.3 is 0 Å². The fourth-order valence-electron chi connectivity index (χ4n) is 3.52. The van der Waals surface area contributed by atoms with Crippen LogP contribution in [0.1, 0.15) is 70.0 Å². The van der Waals surface area contributed by atoms with Crippen LogP contribution in [0.2, 0.25) is 0 Å². The summed E-state index contributed by atoms with van der Waals surface area (Å²) >= 11 is 0. The van der Waals surface area contributed by atoms with E-state index in [2.05, 4.69) is 17.3 Å². The molecule has 1 aliphatic rings. The Labute approximate surface area is 129 Å². The molecule has 0 aliphatic heterocycles. The average molecular weight is 293 g/mol. The summed E-state index contributed by atoms with van der Waals surface area (Å²) in [5.41, 5.74) is 1.20. The van der Waals surface area contributed by atoms with Crippen LogP contribution in [0.25, 0.3) is 0 Å². The lowest BCUT2D eigenvalue weighted by Crippen LogP contribution is -2.27. The predicted molar refractivity (Wildman–Crippen MR) is 86.6 cm³/mol. The van der Waals surface area contributed by atoms with Gasteiger partial charge in [-0.15, -0.1) is 0 Å². The molecule has 21 heavy (non-hydrogen) atoms. The minimum Gasteiger partial charge on any atom is -0.493 e. The number of methoxy groups -OCH3 is 1. The summed E-state index contributed by atoms with van der Waals surface area (Å²) in [7, 11) is 3.76. The van der Waals surface area contributed by atoms with Crippen molar-refractivity contribution in [1.29, 1.82) is 0 Å². The van der Waals surface area contributed by atoms with Crippen LogP contribution in [-0.4, -0.2) is 23.4 Å². The van der Waals surface area contributed by atoms with Gasteiger partial charge in [-0.2, -0.15) is 5.10 Å². The third-order valence-electron chi connectivity index (χ3n) is 4.68. The maximum atomic E-state index is 5.52. The highest BCUT2D eigenvalue weighted by Gasteiger charge is 2.24. The highest BCUT2D eigenvalue weighted by molar-refractivity contribution is 5.28. The Balaban J connectivity index is 2.10. The highest BCUT2D eigenvalue weighted by atomic mass is 16.5. The standard InChI is InChI=1S/C17H31N3O/c1-4-11-18-15(12-14-9-7-5-6-8-10-14)17-16(21-3)13-19-20(17)2/h13-15,18H,4-12H2,1-3H3. The van der Waals surface area contributed by atoms with E-state index in [1.165, 1.54) is 50.6 Å². The maximum Gasteiger partial charge on any atom is 0.161 e. The first kappa shape index (κ1) is 16.3. The largest absolute Gasteiger partial charge is 0.493 e. The molecule has 0 saturated heterocycles. The molecular formula is C17H31N3O. The second kappa shape index (κ2) is 8.42. The Morgan fingerprint density at radius 2 is 2.05 bits per heavy atom. The van der Waals surface area contributed by atoms with Gasteiger partial charge in [-0.3, -0.25) is 4.68 Å². The fourth-order valence-corrected chi connectivity index (χ4v) is 3.52. The molecule has 1 aliphatic carbocycles. The van der Waals surface area contributed by atoms with Gasteiger partial charge in [-0.25, -0.2) is 0 Å². The predicted octanol–water partition coefficient (Wildman–Crippen LogP) is 3.83. The first-order chi connectivity index (χ1) is 10.3. The van der Waals surface area contributed by atoms with Gasteiger partial charge < -0.3 is 10.1 Å². The first-order valence-corrected chi connectivity index (χ1v) is 8.55. The molecular weight excluding hydrogens is 262 g/mol. The topological polar surface area (TPSA) is 39.1 Å². The number of rotatable bonds is 7. The van der Waals surface area contributed by atoms with Crippen molar-refractivity contribution in [2.75, 3.05) is 13.7 Å². The molecule has 4 heteroatoms. The van der Waals surface area contributed by atoms with E-state index in [1.807, 2.05) is 17.9 Å². The molecule has 1 fully saturated rings. The van der Waals surface area contributed by atoms with Crippen molar-refractivity contribution in [2.45, 2.75) is 64.3 Å². The number of nitrogens with one attached hydrogen (secondary N) is 1. The summed E-state index contributed by atoms with van der Waals surface area (Å²) in [5, 5.41) is 8.09. The Morgan fingerprint density at radius 3 is 2.67 bits per heavy atom. The van der Waals surface area contributed by atoms with E-state index in [4.69, 9.17) is 4.74 Å². The number of hydrogen-bond donors (Lipinski definition) is 1. The van der Waals surface area contributed by atoms with Crippen molar-refractivity contribution in [2.24, 2.45) is 13.0 Å². The summed E-state index contributed by atoms with van der Waals surface area (Å²) in [6.45, 7) is 3.27. The number of nitrogens with zero attached hydrogens (tertiary/aromatic N) is 2. The molecule has 120 valence electrons. The molecule has 0 spiro atoms. The smallest absolute Gasteiger partial charge is 0.161 e. The molecule has 1 aromatic rings. The van der Waals surface area contributed by atoms with E-state index >= 15 is 0 Å². The minimum absolute atomic E-state index is 0.357. The molecule has 1 unspecified atom stereocenters. The minimum atomic E-state index is 0.357.